The van der Waals surface area contributed by atoms with E-state index in [0.717, 1.165) is 0 Å². The number of ether oxygens (including phenoxy) is 1. The van der Waals surface area contributed by atoms with Gasteiger partial charge in [0.2, 0.25) is 5.91 Å². The normalized spacial score (nSPS) is 9.25. The van der Waals surface area contributed by atoms with Crippen molar-refractivity contribution < 1.29 is 14.3 Å². The highest BCUT2D eigenvalue weighted by molar-refractivity contribution is 6.01. The van der Waals surface area contributed by atoms with Crippen LogP contribution >= 0.6 is 0 Å². The first kappa shape index (κ1) is 12.0. The summed E-state index contributed by atoms with van der Waals surface area (Å²) >= 11 is 0. The van der Waals surface area contributed by atoms with Crippen molar-refractivity contribution in [3.05, 3.63) is 43.0 Å². The zero-order chi connectivity index (χ0) is 11.8. The smallest absolute Gasteiger partial charge is 0.315 e. The summed E-state index contributed by atoms with van der Waals surface area (Å²) in [6, 6.07) is 8.92. The fourth-order valence-electron chi connectivity index (χ4n) is 1.06. The van der Waals surface area contributed by atoms with Crippen molar-refractivity contribution in [2.45, 2.75) is 6.42 Å². The molecule has 1 aromatic rings. The molecule has 0 saturated carbocycles. The molecule has 0 radical (unpaired) electrons. The van der Waals surface area contributed by atoms with Crippen molar-refractivity contribution in [3.63, 3.8) is 0 Å². The average molecular weight is 219 g/mol. The molecule has 84 valence electrons. The Morgan fingerprint density at radius 1 is 1.31 bits per heavy atom. The van der Waals surface area contributed by atoms with Gasteiger partial charge < -0.3 is 10.1 Å². The van der Waals surface area contributed by atoms with Crippen LogP contribution in [0.2, 0.25) is 0 Å². The molecule has 0 aliphatic heterocycles. The lowest BCUT2D eigenvalue weighted by molar-refractivity contribution is -0.144. The fourth-order valence-corrected chi connectivity index (χ4v) is 1.06. The molecule has 4 nitrogen and oxygen atoms in total. The number of carbonyl (C=O) groups is 2. The van der Waals surface area contributed by atoms with Gasteiger partial charge in [0.25, 0.3) is 0 Å². The first-order valence-electron chi connectivity index (χ1n) is 4.84. The first-order chi connectivity index (χ1) is 7.72. The summed E-state index contributed by atoms with van der Waals surface area (Å²) in [5, 5.41) is 2.58. The Balaban J connectivity index is 2.36. The minimum atomic E-state index is -0.562. The van der Waals surface area contributed by atoms with E-state index in [4.69, 9.17) is 0 Å². The number of nitrogens with one attached hydrogen (secondary N) is 1. The third-order valence-electron chi connectivity index (χ3n) is 1.72. The monoisotopic (exact) mass is 219 g/mol. The van der Waals surface area contributed by atoms with E-state index in [1.54, 1.807) is 24.3 Å². The van der Waals surface area contributed by atoms with Crippen LogP contribution in [0.15, 0.2) is 43.0 Å². The topological polar surface area (TPSA) is 55.4 Å². The summed E-state index contributed by atoms with van der Waals surface area (Å²) in [4.78, 5) is 22.4. The zero-order valence-corrected chi connectivity index (χ0v) is 8.81. The second kappa shape index (κ2) is 6.40. The number of carbonyl (C=O) groups excluding carboxylic acids is 2. The zero-order valence-electron chi connectivity index (χ0n) is 8.81. The Hall–Kier alpha value is -2.10. The maximum atomic E-state index is 11.3. The molecule has 0 saturated heterocycles. The number of amides is 1. The maximum Gasteiger partial charge on any atom is 0.315 e. The number of hydrogen-bond donors (Lipinski definition) is 1. The molecule has 16 heavy (non-hydrogen) atoms. The van der Waals surface area contributed by atoms with Gasteiger partial charge in [0.05, 0.1) is 0 Å². The Bertz CT molecular complexity index is 373. The van der Waals surface area contributed by atoms with E-state index in [0.29, 0.717) is 5.69 Å². The molecule has 0 heterocycles. The van der Waals surface area contributed by atoms with Crippen LogP contribution in [-0.2, 0) is 14.3 Å². The van der Waals surface area contributed by atoms with Crippen LogP contribution in [0, 0.1) is 0 Å². The molecule has 1 N–H and O–H groups in total. The third kappa shape index (κ3) is 4.41. The molecule has 0 spiro atoms. The highest BCUT2D eigenvalue weighted by Crippen LogP contribution is 2.05. The lowest BCUT2D eigenvalue weighted by atomic mass is 10.3. The summed E-state index contributed by atoms with van der Waals surface area (Å²) in [7, 11) is 0. The lowest BCUT2D eigenvalue weighted by Crippen LogP contribution is -2.18. The van der Waals surface area contributed by atoms with Gasteiger partial charge in [0.15, 0.2) is 0 Å². The van der Waals surface area contributed by atoms with Crippen molar-refractivity contribution in [1.82, 2.24) is 0 Å². The van der Waals surface area contributed by atoms with Crippen LogP contribution in [-0.4, -0.2) is 18.5 Å². The van der Waals surface area contributed by atoms with Crippen molar-refractivity contribution in [2.75, 3.05) is 11.9 Å². The lowest BCUT2D eigenvalue weighted by Gasteiger charge is -2.04. The number of para-hydroxylation sites is 1. The van der Waals surface area contributed by atoms with E-state index in [-0.39, 0.29) is 18.9 Å². The standard InChI is InChI=1S/C12H13NO3/c1-2-8-16-12(15)9-11(14)13-10-6-4-3-5-7-10/h2-7H,1,8-9H2,(H,13,14). The largest absolute Gasteiger partial charge is 0.461 e. The number of esters is 1. The van der Waals surface area contributed by atoms with Gasteiger partial charge >= 0.3 is 5.97 Å². The molecule has 0 atom stereocenters. The Labute approximate surface area is 93.9 Å². The average Bonchev–Trinajstić information content (AvgIpc) is 2.27. The van der Waals surface area contributed by atoms with Gasteiger partial charge in [-0.05, 0) is 12.1 Å². The van der Waals surface area contributed by atoms with E-state index in [9.17, 15) is 9.59 Å². The quantitative estimate of drug-likeness (QED) is 0.466. The SMILES string of the molecule is C=CCOC(=O)CC(=O)Nc1ccccc1. The predicted octanol–water partition coefficient (Wildman–Crippen LogP) is 1.74. The number of rotatable bonds is 5. The van der Waals surface area contributed by atoms with Crippen molar-refractivity contribution in [2.24, 2.45) is 0 Å². The van der Waals surface area contributed by atoms with Gasteiger partial charge in [-0.2, -0.15) is 0 Å². The highest BCUT2D eigenvalue weighted by atomic mass is 16.5. The fraction of sp³-hybridized carbons (Fsp3) is 0.167. The van der Waals surface area contributed by atoms with Crippen LogP contribution in [0.1, 0.15) is 6.42 Å². The van der Waals surface area contributed by atoms with Crippen LogP contribution < -0.4 is 5.32 Å². The summed E-state index contributed by atoms with van der Waals surface area (Å²) in [6.07, 6.45) is 1.16. The first-order valence-corrected chi connectivity index (χ1v) is 4.84. The molecule has 0 aliphatic carbocycles. The van der Waals surface area contributed by atoms with E-state index in [1.165, 1.54) is 6.08 Å². The van der Waals surface area contributed by atoms with E-state index >= 15 is 0 Å². The Morgan fingerprint density at radius 3 is 2.62 bits per heavy atom. The van der Waals surface area contributed by atoms with E-state index in [2.05, 4.69) is 16.6 Å². The van der Waals surface area contributed by atoms with Crippen LogP contribution in [0.25, 0.3) is 0 Å². The minimum absolute atomic E-state index is 0.122. The van der Waals surface area contributed by atoms with Crippen LogP contribution in [0.4, 0.5) is 5.69 Å². The van der Waals surface area contributed by atoms with E-state index < -0.39 is 5.97 Å². The van der Waals surface area contributed by atoms with Crippen LogP contribution in [0.3, 0.4) is 0 Å². The molecule has 0 unspecified atom stereocenters. The third-order valence-corrected chi connectivity index (χ3v) is 1.72. The molecule has 0 aliphatic rings. The highest BCUT2D eigenvalue weighted by Gasteiger charge is 2.09. The number of benzene rings is 1. The molecular weight excluding hydrogens is 206 g/mol. The summed E-state index contributed by atoms with van der Waals surface area (Å²) in [5.41, 5.74) is 0.657. The number of hydrogen-bond acceptors (Lipinski definition) is 3. The van der Waals surface area contributed by atoms with Gasteiger partial charge in [-0.25, -0.2) is 0 Å². The molecule has 1 rings (SSSR count). The maximum absolute atomic E-state index is 11.3. The summed E-state index contributed by atoms with van der Waals surface area (Å²) < 4.78 is 4.68. The molecule has 0 aromatic heterocycles. The molecule has 0 fully saturated rings. The van der Waals surface area contributed by atoms with Gasteiger partial charge in [-0.15, -0.1) is 0 Å². The molecular formula is C12H13NO3. The summed E-state index contributed by atoms with van der Waals surface area (Å²) in [5.74, 6) is -0.950. The van der Waals surface area contributed by atoms with Crippen molar-refractivity contribution in [3.8, 4) is 0 Å². The molecule has 4 heteroatoms. The molecule has 0 bridgehead atoms. The summed E-state index contributed by atoms with van der Waals surface area (Å²) in [6.45, 7) is 3.52. The van der Waals surface area contributed by atoms with Crippen LogP contribution in [0.5, 0.6) is 0 Å². The second-order valence-electron chi connectivity index (χ2n) is 3.06. The number of anilines is 1. The Kier molecular flexibility index (Phi) is 4.79. The van der Waals surface area contributed by atoms with Gasteiger partial charge in [-0.3, -0.25) is 9.59 Å². The Morgan fingerprint density at radius 2 is 2.00 bits per heavy atom. The minimum Gasteiger partial charge on any atom is -0.461 e. The van der Waals surface area contributed by atoms with Crippen molar-refractivity contribution in [1.29, 1.82) is 0 Å². The van der Waals surface area contributed by atoms with Gasteiger partial charge in [0, 0.05) is 5.69 Å². The second-order valence-corrected chi connectivity index (χ2v) is 3.06. The molecule has 1 amide bonds. The predicted molar refractivity (Wildman–Crippen MR) is 60.8 cm³/mol. The van der Waals surface area contributed by atoms with E-state index in [1.807, 2.05) is 6.07 Å². The van der Waals surface area contributed by atoms with Gasteiger partial charge in [-0.1, -0.05) is 30.9 Å². The van der Waals surface area contributed by atoms with Gasteiger partial charge in [0.1, 0.15) is 13.0 Å². The molecule has 1 aromatic carbocycles. The van der Waals surface area contributed by atoms with Crippen molar-refractivity contribution >= 4 is 17.6 Å².